The van der Waals surface area contributed by atoms with Crippen molar-refractivity contribution in [3.8, 4) is 0 Å². The van der Waals surface area contributed by atoms with Crippen molar-refractivity contribution < 1.29 is 9.84 Å². The lowest BCUT2D eigenvalue weighted by molar-refractivity contribution is -0.00848. The van der Waals surface area contributed by atoms with Crippen LogP contribution in [0.3, 0.4) is 0 Å². The van der Waals surface area contributed by atoms with E-state index in [9.17, 15) is 5.11 Å². The summed E-state index contributed by atoms with van der Waals surface area (Å²) in [6, 6.07) is 0. The van der Waals surface area contributed by atoms with Gasteiger partial charge in [0, 0.05) is 30.0 Å². The summed E-state index contributed by atoms with van der Waals surface area (Å²) < 4.78 is 5.37. The Morgan fingerprint density at radius 3 is 3.20 bits per heavy atom. The molecule has 0 aliphatic carbocycles. The molecular weight excluding hydrogens is 210 g/mol. The molecule has 3 nitrogen and oxygen atoms in total. The van der Waals surface area contributed by atoms with Gasteiger partial charge in [-0.3, -0.25) is 0 Å². The number of nitrogens with zero attached hydrogens (tertiary/aromatic N) is 1. The third-order valence-electron chi connectivity index (χ3n) is 2.79. The molecule has 4 heteroatoms. The maximum Gasteiger partial charge on any atom is 0.0954 e. The standard InChI is InChI=1S/C11H17NO2S/c1-8-7-15-11(12-8)5-10(13)9-3-2-4-14-6-9/h7,9-10,13H,2-6H2,1H3. The van der Waals surface area contributed by atoms with Crippen LogP contribution in [0.15, 0.2) is 5.38 Å². The zero-order chi connectivity index (χ0) is 10.7. The SMILES string of the molecule is Cc1csc(CC(O)C2CCCOC2)n1. The van der Waals surface area contributed by atoms with Crippen LogP contribution in [-0.4, -0.2) is 29.4 Å². The van der Waals surface area contributed by atoms with Crippen molar-refractivity contribution in [3.63, 3.8) is 0 Å². The van der Waals surface area contributed by atoms with Gasteiger partial charge in [0.05, 0.1) is 17.7 Å². The molecule has 0 aromatic carbocycles. The molecule has 1 aromatic heterocycles. The fourth-order valence-corrected chi connectivity index (χ4v) is 2.73. The normalized spacial score (nSPS) is 24.0. The van der Waals surface area contributed by atoms with Gasteiger partial charge in [-0.05, 0) is 19.8 Å². The minimum absolute atomic E-state index is 0.294. The molecule has 15 heavy (non-hydrogen) atoms. The maximum atomic E-state index is 10.0. The van der Waals surface area contributed by atoms with Gasteiger partial charge in [0.2, 0.25) is 0 Å². The molecule has 0 radical (unpaired) electrons. The summed E-state index contributed by atoms with van der Waals surface area (Å²) >= 11 is 1.63. The maximum absolute atomic E-state index is 10.0. The Kier molecular flexibility index (Phi) is 3.72. The third-order valence-corrected chi connectivity index (χ3v) is 3.78. The first-order valence-electron chi connectivity index (χ1n) is 5.42. The topological polar surface area (TPSA) is 42.4 Å². The van der Waals surface area contributed by atoms with E-state index in [-0.39, 0.29) is 6.10 Å². The van der Waals surface area contributed by atoms with Gasteiger partial charge in [-0.1, -0.05) is 0 Å². The number of aliphatic hydroxyl groups is 1. The number of hydrogen-bond acceptors (Lipinski definition) is 4. The predicted molar refractivity (Wildman–Crippen MR) is 60.1 cm³/mol. The van der Waals surface area contributed by atoms with E-state index in [1.165, 1.54) is 0 Å². The molecule has 2 unspecified atom stereocenters. The van der Waals surface area contributed by atoms with Gasteiger partial charge in [0.25, 0.3) is 0 Å². The number of aryl methyl sites for hydroxylation is 1. The van der Waals surface area contributed by atoms with E-state index < -0.39 is 0 Å². The molecule has 1 saturated heterocycles. The summed E-state index contributed by atoms with van der Waals surface area (Å²) in [5, 5.41) is 13.1. The lowest BCUT2D eigenvalue weighted by Crippen LogP contribution is -2.30. The van der Waals surface area contributed by atoms with E-state index in [2.05, 4.69) is 4.98 Å². The van der Waals surface area contributed by atoms with E-state index in [0.717, 1.165) is 30.2 Å². The van der Waals surface area contributed by atoms with Gasteiger partial charge in [-0.25, -0.2) is 4.98 Å². The molecule has 0 amide bonds. The minimum Gasteiger partial charge on any atom is -0.392 e. The number of hydrogen-bond donors (Lipinski definition) is 1. The second-order valence-corrected chi connectivity index (χ2v) is 5.07. The first-order chi connectivity index (χ1) is 7.25. The van der Waals surface area contributed by atoms with E-state index in [0.29, 0.717) is 18.9 Å². The zero-order valence-electron chi connectivity index (χ0n) is 8.98. The van der Waals surface area contributed by atoms with Crippen LogP contribution in [0.2, 0.25) is 0 Å². The summed E-state index contributed by atoms with van der Waals surface area (Å²) in [6.45, 7) is 3.53. The molecule has 1 aliphatic rings. The summed E-state index contributed by atoms with van der Waals surface area (Å²) in [4.78, 5) is 4.36. The molecule has 0 spiro atoms. The molecule has 1 aliphatic heterocycles. The first kappa shape index (κ1) is 11.0. The highest BCUT2D eigenvalue weighted by Gasteiger charge is 2.23. The predicted octanol–water partition coefficient (Wildman–Crippen LogP) is 1.78. The molecule has 2 rings (SSSR count). The highest BCUT2D eigenvalue weighted by atomic mass is 32.1. The summed E-state index contributed by atoms with van der Waals surface area (Å²) in [5.41, 5.74) is 1.04. The zero-order valence-corrected chi connectivity index (χ0v) is 9.80. The molecule has 2 heterocycles. The van der Waals surface area contributed by atoms with Gasteiger partial charge in [0.1, 0.15) is 0 Å². The van der Waals surface area contributed by atoms with E-state index in [1.54, 1.807) is 11.3 Å². The van der Waals surface area contributed by atoms with E-state index >= 15 is 0 Å². The van der Waals surface area contributed by atoms with Crippen molar-refractivity contribution in [2.75, 3.05) is 13.2 Å². The Labute approximate surface area is 94.1 Å². The Morgan fingerprint density at radius 2 is 2.60 bits per heavy atom. The molecule has 0 saturated carbocycles. The van der Waals surface area contributed by atoms with Gasteiger partial charge in [-0.2, -0.15) is 0 Å². The van der Waals surface area contributed by atoms with Crippen LogP contribution >= 0.6 is 11.3 Å². The Morgan fingerprint density at radius 1 is 1.73 bits per heavy atom. The quantitative estimate of drug-likeness (QED) is 0.856. The smallest absolute Gasteiger partial charge is 0.0954 e. The van der Waals surface area contributed by atoms with Crippen molar-refractivity contribution in [1.82, 2.24) is 4.98 Å². The molecule has 1 fully saturated rings. The first-order valence-corrected chi connectivity index (χ1v) is 6.30. The average Bonchev–Trinajstić information content (AvgIpc) is 2.65. The number of aliphatic hydroxyl groups excluding tert-OH is 1. The molecule has 1 aromatic rings. The van der Waals surface area contributed by atoms with Crippen LogP contribution in [0, 0.1) is 12.8 Å². The minimum atomic E-state index is -0.296. The van der Waals surface area contributed by atoms with E-state index in [4.69, 9.17) is 4.74 Å². The monoisotopic (exact) mass is 227 g/mol. The highest BCUT2D eigenvalue weighted by Crippen LogP contribution is 2.21. The Bertz CT molecular complexity index is 307. The van der Waals surface area contributed by atoms with Gasteiger partial charge >= 0.3 is 0 Å². The summed E-state index contributed by atoms with van der Waals surface area (Å²) in [7, 11) is 0. The van der Waals surface area contributed by atoms with Gasteiger partial charge in [-0.15, -0.1) is 11.3 Å². The summed E-state index contributed by atoms with van der Waals surface area (Å²) in [6.07, 6.45) is 2.52. The molecule has 2 atom stereocenters. The highest BCUT2D eigenvalue weighted by molar-refractivity contribution is 7.09. The van der Waals surface area contributed by atoms with Crippen LogP contribution in [0.4, 0.5) is 0 Å². The molecule has 84 valence electrons. The van der Waals surface area contributed by atoms with Crippen molar-refractivity contribution in [2.24, 2.45) is 5.92 Å². The largest absolute Gasteiger partial charge is 0.392 e. The van der Waals surface area contributed by atoms with Crippen molar-refractivity contribution in [2.45, 2.75) is 32.3 Å². The summed E-state index contributed by atoms with van der Waals surface area (Å²) in [5.74, 6) is 0.294. The van der Waals surface area contributed by atoms with Crippen molar-refractivity contribution >= 4 is 11.3 Å². The van der Waals surface area contributed by atoms with E-state index in [1.807, 2.05) is 12.3 Å². The van der Waals surface area contributed by atoms with Crippen LogP contribution in [0.25, 0.3) is 0 Å². The fourth-order valence-electron chi connectivity index (χ4n) is 1.91. The van der Waals surface area contributed by atoms with Crippen molar-refractivity contribution in [3.05, 3.63) is 16.1 Å². The Hall–Kier alpha value is -0.450. The average molecular weight is 227 g/mol. The van der Waals surface area contributed by atoms with Gasteiger partial charge in [0.15, 0.2) is 0 Å². The molecular formula is C11H17NO2S. The molecule has 0 bridgehead atoms. The lowest BCUT2D eigenvalue weighted by Gasteiger charge is -2.26. The lowest BCUT2D eigenvalue weighted by atomic mass is 9.94. The molecule has 1 N–H and O–H groups in total. The van der Waals surface area contributed by atoms with Crippen LogP contribution in [-0.2, 0) is 11.2 Å². The van der Waals surface area contributed by atoms with Gasteiger partial charge < -0.3 is 9.84 Å². The van der Waals surface area contributed by atoms with Crippen molar-refractivity contribution in [1.29, 1.82) is 0 Å². The van der Waals surface area contributed by atoms with Crippen LogP contribution < -0.4 is 0 Å². The second kappa shape index (κ2) is 5.05. The number of ether oxygens (including phenoxy) is 1. The second-order valence-electron chi connectivity index (χ2n) is 4.13. The third kappa shape index (κ3) is 3.00. The van der Waals surface area contributed by atoms with Crippen LogP contribution in [0.5, 0.6) is 0 Å². The Balaban J connectivity index is 1.88. The van der Waals surface area contributed by atoms with Crippen LogP contribution in [0.1, 0.15) is 23.5 Å². The number of aromatic nitrogens is 1. The number of thiazole rings is 1. The number of rotatable bonds is 3. The fraction of sp³-hybridized carbons (Fsp3) is 0.727.